The molecule has 0 amide bonds. The molecule has 1 fully saturated rings. The van der Waals surface area contributed by atoms with Crippen molar-refractivity contribution in [3.8, 4) is 6.07 Å². The Morgan fingerprint density at radius 2 is 2.26 bits per heavy atom. The van der Waals surface area contributed by atoms with Gasteiger partial charge in [0.1, 0.15) is 0 Å². The zero-order chi connectivity index (χ0) is 14.0. The third-order valence-electron chi connectivity index (χ3n) is 3.17. The number of nitro benzene ring substituents is 1. The average Bonchev–Trinajstić information content (AvgIpc) is 3.23. The minimum Gasteiger partial charge on any atom is -0.468 e. The van der Waals surface area contributed by atoms with Gasteiger partial charge in [-0.3, -0.25) is 14.9 Å². The molecule has 19 heavy (non-hydrogen) atoms. The smallest absolute Gasteiger partial charge is 0.327 e. The summed E-state index contributed by atoms with van der Waals surface area (Å²) in [5, 5.41) is 20.1. The predicted octanol–water partition coefficient (Wildman–Crippen LogP) is 2.25. The van der Waals surface area contributed by atoms with E-state index in [0.717, 1.165) is 25.5 Å². The molecule has 1 aromatic carbocycles. The molecule has 1 unspecified atom stereocenters. The van der Waals surface area contributed by atoms with Gasteiger partial charge in [-0.15, -0.1) is 0 Å². The predicted molar refractivity (Wildman–Crippen MR) is 65.4 cm³/mol. The number of nitriles is 1. The van der Waals surface area contributed by atoms with Gasteiger partial charge in [-0.2, -0.15) is 5.26 Å². The second-order valence-electron chi connectivity index (χ2n) is 4.43. The number of carbonyl (C=O) groups excluding carboxylic acids is 1. The molecular weight excluding hydrogens is 248 g/mol. The van der Waals surface area contributed by atoms with Crippen molar-refractivity contribution < 1.29 is 14.5 Å². The zero-order valence-corrected chi connectivity index (χ0v) is 10.3. The summed E-state index contributed by atoms with van der Waals surface area (Å²) < 4.78 is 4.52. The Morgan fingerprint density at radius 1 is 1.58 bits per heavy atom. The van der Waals surface area contributed by atoms with Crippen molar-refractivity contribution in [1.29, 1.82) is 5.26 Å². The maximum absolute atomic E-state index is 11.5. The zero-order valence-electron chi connectivity index (χ0n) is 10.3. The summed E-state index contributed by atoms with van der Waals surface area (Å²) >= 11 is 0. The van der Waals surface area contributed by atoms with Gasteiger partial charge in [0.05, 0.1) is 23.7 Å². The van der Waals surface area contributed by atoms with E-state index in [4.69, 9.17) is 5.26 Å². The van der Waals surface area contributed by atoms with Crippen LogP contribution in [0.25, 0.3) is 0 Å². The number of hydrogen-bond acceptors (Lipinski definition) is 5. The van der Waals surface area contributed by atoms with Gasteiger partial charge in [-0.05, 0) is 30.4 Å². The van der Waals surface area contributed by atoms with E-state index in [1.54, 1.807) is 18.2 Å². The van der Waals surface area contributed by atoms with Crippen LogP contribution < -0.4 is 0 Å². The third kappa shape index (κ3) is 2.55. The second-order valence-corrected chi connectivity index (χ2v) is 4.43. The van der Waals surface area contributed by atoms with Gasteiger partial charge in [0.15, 0.2) is 5.92 Å². The van der Waals surface area contributed by atoms with Gasteiger partial charge in [0.25, 0.3) is 5.69 Å². The molecule has 1 atom stereocenters. The fraction of sp³-hybridized carbons (Fsp3) is 0.385. The molecule has 0 aromatic heterocycles. The maximum Gasteiger partial charge on any atom is 0.327 e. The standard InChI is InChI=1S/C13H12N2O4/c1-19-13(16)11(7-14)10-6-9(8-2-3-8)4-5-12(10)15(17)18/h4-6,8,11H,2-3H2,1H3. The molecule has 1 aromatic rings. The summed E-state index contributed by atoms with van der Waals surface area (Å²) in [6.45, 7) is 0. The maximum atomic E-state index is 11.5. The minimum absolute atomic E-state index is 0.115. The molecule has 0 bridgehead atoms. The van der Waals surface area contributed by atoms with Gasteiger partial charge >= 0.3 is 5.97 Å². The molecule has 6 heteroatoms. The molecule has 0 spiro atoms. The summed E-state index contributed by atoms with van der Waals surface area (Å²) in [5.41, 5.74) is 0.829. The van der Waals surface area contributed by atoms with Crippen LogP contribution in [0.3, 0.4) is 0 Å². The number of ether oxygens (including phenoxy) is 1. The molecule has 6 nitrogen and oxygen atoms in total. The lowest BCUT2D eigenvalue weighted by Crippen LogP contribution is -2.14. The van der Waals surface area contributed by atoms with Crippen LogP contribution in [-0.4, -0.2) is 18.0 Å². The summed E-state index contributed by atoms with van der Waals surface area (Å²) in [6.07, 6.45) is 2.07. The lowest BCUT2D eigenvalue weighted by atomic mass is 9.95. The van der Waals surface area contributed by atoms with Crippen LogP contribution >= 0.6 is 0 Å². The number of hydrogen-bond donors (Lipinski definition) is 0. The average molecular weight is 260 g/mol. The molecule has 0 saturated heterocycles. The van der Waals surface area contributed by atoms with Crippen molar-refractivity contribution in [2.75, 3.05) is 7.11 Å². The molecule has 2 rings (SSSR count). The quantitative estimate of drug-likeness (QED) is 0.470. The van der Waals surface area contributed by atoms with E-state index in [-0.39, 0.29) is 11.3 Å². The first kappa shape index (κ1) is 13.0. The van der Waals surface area contributed by atoms with E-state index in [1.807, 2.05) is 0 Å². The Labute approximate surface area is 109 Å². The molecule has 0 heterocycles. The molecule has 98 valence electrons. The van der Waals surface area contributed by atoms with Crippen LogP contribution in [-0.2, 0) is 9.53 Å². The Balaban J connectivity index is 2.50. The molecule has 0 N–H and O–H groups in total. The SMILES string of the molecule is COC(=O)C(C#N)c1cc(C2CC2)ccc1[N+](=O)[O-]. The van der Waals surface area contributed by atoms with E-state index < -0.39 is 16.8 Å². The highest BCUT2D eigenvalue weighted by molar-refractivity contribution is 5.83. The number of carbonyl (C=O) groups is 1. The Bertz CT molecular complexity index is 572. The topological polar surface area (TPSA) is 93.2 Å². The van der Waals surface area contributed by atoms with Crippen LogP contribution in [0.2, 0.25) is 0 Å². The van der Waals surface area contributed by atoms with Crippen molar-refractivity contribution in [2.24, 2.45) is 0 Å². The highest BCUT2D eigenvalue weighted by Gasteiger charge is 2.32. The lowest BCUT2D eigenvalue weighted by Gasteiger charge is -2.09. The van der Waals surface area contributed by atoms with Crippen molar-refractivity contribution in [3.63, 3.8) is 0 Å². The molecule has 1 aliphatic carbocycles. The van der Waals surface area contributed by atoms with E-state index in [9.17, 15) is 14.9 Å². The molecule has 0 aliphatic heterocycles. The number of rotatable bonds is 4. The summed E-state index contributed by atoms with van der Waals surface area (Å²) in [7, 11) is 1.16. The fourth-order valence-electron chi connectivity index (χ4n) is 2.01. The molecule has 1 saturated carbocycles. The number of benzene rings is 1. The third-order valence-corrected chi connectivity index (χ3v) is 3.17. The van der Waals surface area contributed by atoms with Crippen molar-refractivity contribution in [1.82, 2.24) is 0 Å². The first-order chi connectivity index (χ1) is 9.08. The fourth-order valence-corrected chi connectivity index (χ4v) is 2.01. The Kier molecular flexibility index (Phi) is 3.47. The number of esters is 1. The van der Waals surface area contributed by atoms with E-state index in [1.165, 1.54) is 6.07 Å². The first-order valence-electron chi connectivity index (χ1n) is 5.84. The van der Waals surface area contributed by atoms with E-state index >= 15 is 0 Å². The summed E-state index contributed by atoms with van der Waals surface area (Å²) in [4.78, 5) is 22.0. The highest BCUT2D eigenvalue weighted by atomic mass is 16.6. The Morgan fingerprint density at radius 3 is 2.74 bits per heavy atom. The van der Waals surface area contributed by atoms with Crippen LogP contribution in [0.15, 0.2) is 18.2 Å². The monoisotopic (exact) mass is 260 g/mol. The van der Waals surface area contributed by atoms with Crippen LogP contribution in [0.4, 0.5) is 5.69 Å². The van der Waals surface area contributed by atoms with Gasteiger partial charge in [-0.1, -0.05) is 6.07 Å². The molecule has 0 radical (unpaired) electrons. The van der Waals surface area contributed by atoms with Gasteiger partial charge < -0.3 is 4.74 Å². The summed E-state index contributed by atoms with van der Waals surface area (Å²) in [5.74, 6) is -1.65. The minimum atomic E-state index is -1.26. The first-order valence-corrected chi connectivity index (χ1v) is 5.84. The summed E-state index contributed by atoms with van der Waals surface area (Å²) in [6, 6.07) is 6.40. The normalized spacial score (nSPS) is 15.4. The van der Waals surface area contributed by atoms with Gasteiger partial charge in [-0.25, -0.2) is 0 Å². The number of methoxy groups -OCH3 is 1. The van der Waals surface area contributed by atoms with Crippen molar-refractivity contribution in [2.45, 2.75) is 24.7 Å². The van der Waals surface area contributed by atoms with Crippen LogP contribution in [0.1, 0.15) is 35.8 Å². The van der Waals surface area contributed by atoms with E-state index in [2.05, 4.69) is 4.74 Å². The van der Waals surface area contributed by atoms with Crippen LogP contribution in [0.5, 0.6) is 0 Å². The second kappa shape index (κ2) is 5.06. The van der Waals surface area contributed by atoms with Crippen molar-refractivity contribution >= 4 is 11.7 Å². The molecular formula is C13H12N2O4. The van der Waals surface area contributed by atoms with Crippen molar-refractivity contribution in [3.05, 3.63) is 39.4 Å². The lowest BCUT2D eigenvalue weighted by molar-refractivity contribution is -0.385. The largest absolute Gasteiger partial charge is 0.468 e. The highest BCUT2D eigenvalue weighted by Crippen LogP contribution is 2.42. The van der Waals surface area contributed by atoms with Gasteiger partial charge in [0.2, 0.25) is 0 Å². The van der Waals surface area contributed by atoms with Gasteiger partial charge in [0, 0.05) is 6.07 Å². The molecule has 1 aliphatic rings. The number of nitro groups is 1. The Hall–Kier alpha value is -2.42. The van der Waals surface area contributed by atoms with E-state index in [0.29, 0.717) is 5.92 Å². The van der Waals surface area contributed by atoms with Crippen LogP contribution in [0, 0.1) is 21.4 Å². The number of nitrogens with zero attached hydrogens (tertiary/aromatic N) is 2.